The summed E-state index contributed by atoms with van der Waals surface area (Å²) in [5.74, 6) is 0. The standard InChI is InChI=1S/C16H17N2O3P/c1-3-20-22(19,21-4-2)14-10-13-8-7-12-6-5-9-17-15(12)16(13)18-11-14/h5-11H,3-4H2,1-2H3. The van der Waals surface area contributed by atoms with Crippen molar-refractivity contribution in [2.45, 2.75) is 13.8 Å². The monoisotopic (exact) mass is 316 g/mol. The largest absolute Gasteiger partial charge is 0.362 e. The number of nitrogens with zero attached hydrogens (tertiary/aromatic N) is 2. The molecule has 2 heterocycles. The van der Waals surface area contributed by atoms with Gasteiger partial charge in [0.25, 0.3) is 0 Å². The van der Waals surface area contributed by atoms with E-state index >= 15 is 0 Å². The van der Waals surface area contributed by atoms with E-state index in [1.165, 1.54) is 0 Å². The third-order valence-corrected chi connectivity index (χ3v) is 5.40. The first-order valence-electron chi connectivity index (χ1n) is 7.21. The van der Waals surface area contributed by atoms with Crippen LogP contribution in [-0.4, -0.2) is 23.2 Å². The Kier molecular flexibility index (Phi) is 4.21. The lowest BCUT2D eigenvalue weighted by Gasteiger charge is -2.17. The summed E-state index contributed by atoms with van der Waals surface area (Å²) < 4.78 is 23.6. The first kappa shape index (κ1) is 15.1. The second kappa shape index (κ2) is 6.13. The number of aromatic nitrogens is 2. The summed E-state index contributed by atoms with van der Waals surface area (Å²) >= 11 is 0. The maximum atomic E-state index is 12.8. The van der Waals surface area contributed by atoms with Crippen molar-refractivity contribution in [2.75, 3.05) is 13.2 Å². The summed E-state index contributed by atoms with van der Waals surface area (Å²) in [4.78, 5) is 8.82. The highest BCUT2D eigenvalue weighted by atomic mass is 31.2. The fourth-order valence-electron chi connectivity index (χ4n) is 2.40. The molecular formula is C16H17N2O3P. The molecule has 114 valence electrons. The molecule has 0 saturated heterocycles. The van der Waals surface area contributed by atoms with E-state index in [0.717, 1.165) is 21.8 Å². The zero-order valence-electron chi connectivity index (χ0n) is 12.5. The third kappa shape index (κ3) is 2.63. The van der Waals surface area contributed by atoms with Crippen LogP contribution in [0, 0.1) is 0 Å². The molecule has 0 aliphatic heterocycles. The smallest absolute Gasteiger partial charge is 0.305 e. The van der Waals surface area contributed by atoms with Crippen LogP contribution in [0.15, 0.2) is 42.7 Å². The molecule has 1 aromatic carbocycles. The van der Waals surface area contributed by atoms with Gasteiger partial charge in [0.15, 0.2) is 0 Å². The Bertz CT molecular complexity index is 856. The molecule has 0 fully saturated rings. The Labute approximate surface area is 128 Å². The van der Waals surface area contributed by atoms with E-state index in [9.17, 15) is 4.57 Å². The van der Waals surface area contributed by atoms with Crippen LogP contribution in [0.5, 0.6) is 0 Å². The quantitative estimate of drug-likeness (QED) is 0.531. The fraction of sp³-hybridized carbons (Fsp3) is 0.250. The van der Waals surface area contributed by atoms with E-state index in [2.05, 4.69) is 9.97 Å². The molecule has 0 aliphatic carbocycles. The Morgan fingerprint density at radius 3 is 2.41 bits per heavy atom. The SMILES string of the molecule is CCOP(=O)(OCC)c1cnc2c(ccc3cccnc32)c1. The van der Waals surface area contributed by atoms with Gasteiger partial charge in [0.05, 0.1) is 29.6 Å². The minimum absolute atomic E-state index is 0.314. The highest BCUT2D eigenvalue weighted by Gasteiger charge is 2.27. The molecule has 0 radical (unpaired) electrons. The molecule has 0 saturated carbocycles. The highest BCUT2D eigenvalue weighted by molar-refractivity contribution is 7.62. The van der Waals surface area contributed by atoms with Gasteiger partial charge in [-0.2, -0.15) is 0 Å². The Hall–Kier alpha value is -1.81. The lowest BCUT2D eigenvalue weighted by molar-refractivity contribution is 0.230. The molecule has 0 amide bonds. The topological polar surface area (TPSA) is 61.3 Å². The normalized spacial score (nSPS) is 12.1. The molecule has 0 bridgehead atoms. The molecule has 3 aromatic rings. The average molecular weight is 316 g/mol. The van der Waals surface area contributed by atoms with Crippen LogP contribution in [0.1, 0.15) is 13.8 Å². The Morgan fingerprint density at radius 2 is 1.68 bits per heavy atom. The molecule has 0 unspecified atom stereocenters. The van der Waals surface area contributed by atoms with Crippen LogP contribution in [0.2, 0.25) is 0 Å². The Morgan fingerprint density at radius 1 is 1.00 bits per heavy atom. The number of rotatable bonds is 5. The van der Waals surface area contributed by atoms with Gasteiger partial charge in [0.2, 0.25) is 0 Å². The van der Waals surface area contributed by atoms with Gasteiger partial charge in [-0.05, 0) is 26.0 Å². The summed E-state index contributed by atoms with van der Waals surface area (Å²) in [5, 5.41) is 2.36. The molecule has 3 rings (SSSR count). The molecule has 0 atom stereocenters. The summed E-state index contributed by atoms with van der Waals surface area (Å²) in [5.41, 5.74) is 1.61. The lowest BCUT2D eigenvalue weighted by atomic mass is 10.1. The predicted molar refractivity (Wildman–Crippen MR) is 87.5 cm³/mol. The number of hydrogen-bond donors (Lipinski definition) is 0. The Balaban J connectivity index is 2.17. The average Bonchev–Trinajstić information content (AvgIpc) is 2.54. The number of pyridine rings is 2. The van der Waals surface area contributed by atoms with Gasteiger partial charge in [-0.25, -0.2) is 0 Å². The summed E-state index contributed by atoms with van der Waals surface area (Å²) in [6, 6.07) is 9.60. The molecule has 6 heteroatoms. The second-order valence-electron chi connectivity index (χ2n) is 4.74. The first-order valence-corrected chi connectivity index (χ1v) is 8.75. The molecule has 22 heavy (non-hydrogen) atoms. The number of hydrogen-bond acceptors (Lipinski definition) is 5. The van der Waals surface area contributed by atoms with E-state index in [0.29, 0.717) is 18.5 Å². The predicted octanol–water partition coefficient (Wildman–Crippen LogP) is 3.67. The maximum Gasteiger partial charge on any atom is 0.362 e. The molecule has 0 aliphatic rings. The summed E-state index contributed by atoms with van der Waals surface area (Å²) in [7, 11) is -3.32. The van der Waals surface area contributed by atoms with E-state index in [4.69, 9.17) is 9.05 Å². The number of fused-ring (bicyclic) bond motifs is 3. The van der Waals surface area contributed by atoms with Crippen LogP contribution in [0.4, 0.5) is 0 Å². The van der Waals surface area contributed by atoms with E-state index in [1.807, 2.05) is 30.3 Å². The van der Waals surface area contributed by atoms with Crippen molar-refractivity contribution in [2.24, 2.45) is 0 Å². The van der Waals surface area contributed by atoms with Crippen molar-refractivity contribution in [1.82, 2.24) is 9.97 Å². The van der Waals surface area contributed by atoms with Gasteiger partial charge < -0.3 is 9.05 Å². The summed E-state index contributed by atoms with van der Waals surface area (Å²) in [6.07, 6.45) is 3.30. The van der Waals surface area contributed by atoms with Crippen LogP contribution >= 0.6 is 7.60 Å². The molecule has 0 spiro atoms. The van der Waals surface area contributed by atoms with Crippen molar-refractivity contribution in [3.63, 3.8) is 0 Å². The molecule has 2 aromatic heterocycles. The van der Waals surface area contributed by atoms with Crippen LogP contribution in [-0.2, 0) is 13.6 Å². The third-order valence-electron chi connectivity index (χ3n) is 3.32. The van der Waals surface area contributed by atoms with Gasteiger partial charge >= 0.3 is 7.60 Å². The van der Waals surface area contributed by atoms with Crippen molar-refractivity contribution < 1.29 is 13.6 Å². The van der Waals surface area contributed by atoms with Crippen LogP contribution in [0.3, 0.4) is 0 Å². The van der Waals surface area contributed by atoms with Gasteiger partial charge in [0, 0.05) is 23.2 Å². The zero-order valence-corrected chi connectivity index (χ0v) is 13.4. The van der Waals surface area contributed by atoms with Crippen LogP contribution < -0.4 is 5.30 Å². The number of benzene rings is 1. The summed E-state index contributed by atoms with van der Waals surface area (Å²) in [6.45, 7) is 4.21. The van der Waals surface area contributed by atoms with E-state index in [-0.39, 0.29) is 0 Å². The van der Waals surface area contributed by atoms with Crippen molar-refractivity contribution in [3.8, 4) is 0 Å². The highest BCUT2D eigenvalue weighted by Crippen LogP contribution is 2.47. The van der Waals surface area contributed by atoms with E-state index < -0.39 is 7.60 Å². The van der Waals surface area contributed by atoms with Crippen molar-refractivity contribution in [1.29, 1.82) is 0 Å². The van der Waals surface area contributed by atoms with E-state index in [1.54, 1.807) is 26.2 Å². The molecule has 5 nitrogen and oxygen atoms in total. The minimum Gasteiger partial charge on any atom is -0.305 e. The van der Waals surface area contributed by atoms with Gasteiger partial charge in [-0.1, -0.05) is 18.2 Å². The first-order chi connectivity index (χ1) is 10.7. The van der Waals surface area contributed by atoms with Gasteiger partial charge in [-0.15, -0.1) is 0 Å². The van der Waals surface area contributed by atoms with Gasteiger partial charge in [0.1, 0.15) is 0 Å². The molecule has 0 N–H and O–H groups in total. The maximum absolute atomic E-state index is 12.8. The van der Waals surface area contributed by atoms with Gasteiger partial charge in [-0.3, -0.25) is 14.5 Å². The van der Waals surface area contributed by atoms with Crippen molar-refractivity contribution >= 4 is 34.7 Å². The second-order valence-corrected chi connectivity index (χ2v) is 6.77. The van der Waals surface area contributed by atoms with Crippen LogP contribution in [0.25, 0.3) is 21.8 Å². The fourth-order valence-corrected chi connectivity index (χ4v) is 3.95. The minimum atomic E-state index is -3.32. The van der Waals surface area contributed by atoms with Crippen molar-refractivity contribution in [3.05, 3.63) is 42.7 Å². The zero-order chi connectivity index (χ0) is 15.6. The lowest BCUT2D eigenvalue weighted by Crippen LogP contribution is -2.11. The molecular weight excluding hydrogens is 299 g/mol.